The van der Waals surface area contributed by atoms with Gasteiger partial charge in [-0.1, -0.05) is 12.1 Å². The predicted molar refractivity (Wildman–Crippen MR) is 106 cm³/mol. The minimum atomic E-state index is -0.502. The Balaban J connectivity index is 1.70. The molecule has 4 aromatic rings. The van der Waals surface area contributed by atoms with Crippen LogP contribution < -0.4 is 4.74 Å². The quantitative estimate of drug-likeness (QED) is 0.365. The molecule has 4 rings (SSSR count). The van der Waals surface area contributed by atoms with Crippen molar-refractivity contribution in [3.8, 4) is 5.75 Å². The van der Waals surface area contributed by atoms with Gasteiger partial charge in [0.05, 0.1) is 15.2 Å². The summed E-state index contributed by atoms with van der Waals surface area (Å²) in [6.07, 6.45) is 1.53. The molecular weight excluding hydrogens is 396 g/mol. The number of nitrogens with zero attached hydrogens (tertiary/aromatic N) is 6. The third kappa shape index (κ3) is 3.25. The topological polar surface area (TPSA) is 116 Å². The summed E-state index contributed by atoms with van der Waals surface area (Å²) in [6.45, 7) is 1.82. The number of thiophene rings is 1. The van der Waals surface area contributed by atoms with Crippen molar-refractivity contribution in [2.24, 2.45) is 0 Å². The van der Waals surface area contributed by atoms with Crippen LogP contribution in [-0.2, 0) is 6.61 Å². The second kappa shape index (κ2) is 7.09. The Bertz CT molecular complexity index is 1260. The summed E-state index contributed by atoms with van der Waals surface area (Å²) in [5, 5.41) is 16.2. The smallest absolute Gasteiger partial charge is 0.310 e. The number of aromatic nitrogens is 4. The Morgan fingerprint density at radius 1 is 1.34 bits per heavy atom. The van der Waals surface area contributed by atoms with Gasteiger partial charge in [0.15, 0.2) is 23.8 Å². The van der Waals surface area contributed by atoms with Gasteiger partial charge in [0.25, 0.3) is 5.91 Å². The molecule has 148 valence electrons. The lowest BCUT2D eigenvalue weighted by atomic mass is 10.2. The first-order valence-corrected chi connectivity index (χ1v) is 9.39. The fourth-order valence-electron chi connectivity index (χ4n) is 2.92. The molecule has 0 spiro atoms. The Hall–Kier alpha value is -3.60. The van der Waals surface area contributed by atoms with Crippen molar-refractivity contribution in [3.05, 3.63) is 57.0 Å². The lowest BCUT2D eigenvalue weighted by Crippen LogP contribution is -2.21. The third-order valence-corrected chi connectivity index (χ3v) is 5.52. The highest BCUT2D eigenvalue weighted by Gasteiger charge is 2.21. The Labute approximate surface area is 168 Å². The van der Waals surface area contributed by atoms with Crippen molar-refractivity contribution in [2.45, 2.75) is 13.5 Å². The SMILES string of the molecule is Cc1c(C(=O)N(C)C)sc2ncn3nc(COc4ccccc4[N+](=O)[O-])nc3c12. The molecule has 10 nitrogen and oxygen atoms in total. The van der Waals surface area contributed by atoms with E-state index in [9.17, 15) is 14.9 Å². The maximum atomic E-state index is 12.4. The maximum Gasteiger partial charge on any atom is 0.310 e. The van der Waals surface area contributed by atoms with Crippen LogP contribution in [0.25, 0.3) is 15.9 Å². The Morgan fingerprint density at radius 3 is 2.83 bits per heavy atom. The minimum Gasteiger partial charge on any atom is -0.478 e. The molecule has 0 atom stereocenters. The number of hydrogen-bond acceptors (Lipinski definition) is 8. The number of benzene rings is 1. The van der Waals surface area contributed by atoms with Gasteiger partial charge in [-0.05, 0) is 18.6 Å². The molecule has 0 fully saturated rings. The first-order chi connectivity index (χ1) is 13.9. The molecule has 11 heteroatoms. The van der Waals surface area contributed by atoms with E-state index in [-0.39, 0.29) is 24.0 Å². The van der Waals surface area contributed by atoms with Gasteiger partial charge in [-0.25, -0.2) is 14.5 Å². The molecule has 0 aliphatic carbocycles. The van der Waals surface area contributed by atoms with E-state index in [4.69, 9.17) is 4.74 Å². The summed E-state index contributed by atoms with van der Waals surface area (Å²) >= 11 is 1.31. The van der Waals surface area contributed by atoms with Crippen LogP contribution in [-0.4, -0.2) is 49.4 Å². The molecule has 29 heavy (non-hydrogen) atoms. The van der Waals surface area contributed by atoms with Gasteiger partial charge >= 0.3 is 5.69 Å². The van der Waals surface area contributed by atoms with Crippen LogP contribution >= 0.6 is 11.3 Å². The molecule has 0 saturated carbocycles. The second-order valence-corrected chi connectivity index (χ2v) is 7.49. The molecule has 0 unspecified atom stereocenters. The molecule has 0 aliphatic heterocycles. The lowest BCUT2D eigenvalue weighted by molar-refractivity contribution is -0.385. The van der Waals surface area contributed by atoms with Crippen molar-refractivity contribution in [1.82, 2.24) is 24.5 Å². The molecular formula is C18H16N6O4S. The minimum absolute atomic E-state index is 0.0410. The molecule has 0 aliphatic rings. The zero-order valence-electron chi connectivity index (χ0n) is 15.8. The van der Waals surface area contributed by atoms with Gasteiger partial charge in [0.2, 0.25) is 0 Å². The molecule has 3 heterocycles. The lowest BCUT2D eigenvalue weighted by Gasteiger charge is -2.08. The second-order valence-electron chi connectivity index (χ2n) is 6.49. The molecule has 0 bridgehead atoms. The number of para-hydroxylation sites is 2. The van der Waals surface area contributed by atoms with E-state index in [2.05, 4.69) is 15.1 Å². The number of nitro groups is 1. The van der Waals surface area contributed by atoms with Crippen molar-refractivity contribution in [3.63, 3.8) is 0 Å². The van der Waals surface area contributed by atoms with E-state index in [1.54, 1.807) is 26.2 Å². The van der Waals surface area contributed by atoms with Gasteiger partial charge in [-0.15, -0.1) is 16.4 Å². The van der Waals surface area contributed by atoms with Crippen LogP contribution in [0.15, 0.2) is 30.6 Å². The van der Waals surface area contributed by atoms with Crippen LogP contribution in [0.5, 0.6) is 5.75 Å². The largest absolute Gasteiger partial charge is 0.478 e. The molecule has 0 radical (unpaired) electrons. The number of aryl methyl sites for hydroxylation is 1. The fraction of sp³-hybridized carbons (Fsp3) is 0.222. The van der Waals surface area contributed by atoms with Crippen molar-refractivity contribution < 1.29 is 14.5 Å². The van der Waals surface area contributed by atoms with E-state index < -0.39 is 4.92 Å². The Kier molecular flexibility index (Phi) is 4.59. The zero-order valence-corrected chi connectivity index (χ0v) is 16.6. The number of hydrogen-bond donors (Lipinski definition) is 0. The standard InChI is InChI=1S/C18H16N6O4S/c1-10-14-16-20-13(8-28-12-7-5-4-6-11(12)24(26)27)21-23(16)9-19-17(14)29-15(10)18(25)22(2)3/h4-7,9H,8H2,1-3H3. The molecule has 3 aromatic heterocycles. The van der Waals surface area contributed by atoms with Gasteiger partial charge < -0.3 is 9.64 Å². The first kappa shape index (κ1) is 18.7. The number of fused-ring (bicyclic) bond motifs is 3. The van der Waals surface area contributed by atoms with Gasteiger partial charge in [-0.2, -0.15) is 0 Å². The highest BCUT2D eigenvalue weighted by Crippen LogP contribution is 2.32. The van der Waals surface area contributed by atoms with E-state index in [0.29, 0.717) is 21.2 Å². The monoisotopic (exact) mass is 412 g/mol. The van der Waals surface area contributed by atoms with Crippen LogP contribution in [0.1, 0.15) is 21.1 Å². The first-order valence-electron chi connectivity index (χ1n) is 8.58. The number of rotatable bonds is 5. The van der Waals surface area contributed by atoms with Crippen molar-refractivity contribution >= 4 is 38.8 Å². The number of nitro benzene ring substituents is 1. The summed E-state index contributed by atoms with van der Waals surface area (Å²) in [5.41, 5.74) is 1.23. The summed E-state index contributed by atoms with van der Waals surface area (Å²) in [6, 6.07) is 6.13. The van der Waals surface area contributed by atoms with Crippen LogP contribution in [0.4, 0.5) is 5.69 Å². The molecule has 1 aromatic carbocycles. The van der Waals surface area contributed by atoms with E-state index in [0.717, 1.165) is 10.9 Å². The summed E-state index contributed by atoms with van der Waals surface area (Å²) in [4.78, 5) is 34.7. The van der Waals surface area contributed by atoms with Gasteiger partial charge in [0, 0.05) is 20.2 Å². The molecule has 1 amide bonds. The summed E-state index contributed by atoms with van der Waals surface area (Å²) in [7, 11) is 3.40. The van der Waals surface area contributed by atoms with Crippen molar-refractivity contribution in [1.29, 1.82) is 0 Å². The zero-order chi connectivity index (χ0) is 20.7. The highest BCUT2D eigenvalue weighted by molar-refractivity contribution is 7.20. The number of amides is 1. The van der Waals surface area contributed by atoms with E-state index in [1.165, 1.54) is 39.2 Å². The normalized spacial score (nSPS) is 11.1. The van der Waals surface area contributed by atoms with E-state index >= 15 is 0 Å². The molecule has 0 N–H and O–H groups in total. The highest BCUT2D eigenvalue weighted by atomic mass is 32.1. The molecule has 0 saturated heterocycles. The van der Waals surface area contributed by atoms with Gasteiger partial charge in [-0.3, -0.25) is 14.9 Å². The fourth-order valence-corrected chi connectivity index (χ4v) is 4.08. The van der Waals surface area contributed by atoms with Crippen molar-refractivity contribution in [2.75, 3.05) is 14.1 Å². The average Bonchev–Trinajstić information content (AvgIpc) is 3.26. The van der Waals surface area contributed by atoms with Gasteiger partial charge in [0.1, 0.15) is 11.2 Å². The number of carbonyl (C=O) groups is 1. The summed E-state index contributed by atoms with van der Waals surface area (Å²) in [5.74, 6) is 0.400. The third-order valence-electron chi connectivity index (χ3n) is 4.33. The average molecular weight is 412 g/mol. The van der Waals surface area contributed by atoms with Crippen LogP contribution in [0.3, 0.4) is 0 Å². The predicted octanol–water partition coefficient (Wildman–Crippen LogP) is 2.84. The van der Waals surface area contributed by atoms with E-state index in [1.807, 2.05) is 6.92 Å². The number of ether oxygens (including phenoxy) is 1. The number of carbonyl (C=O) groups excluding carboxylic acids is 1. The summed E-state index contributed by atoms with van der Waals surface area (Å²) < 4.78 is 7.09. The Morgan fingerprint density at radius 2 is 2.10 bits per heavy atom. The maximum absolute atomic E-state index is 12.4. The van der Waals surface area contributed by atoms with Crippen LogP contribution in [0, 0.1) is 17.0 Å². The van der Waals surface area contributed by atoms with Crippen LogP contribution in [0.2, 0.25) is 0 Å².